The summed E-state index contributed by atoms with van der Waals surface area (Å²) in [5.74, 6) is 0.195. The van der Waals surface area contributed by atoms with Crippen molar-refractivity contribution in [3.05, 3.63) is 40.8 Å². The molecule has 1 unspecified atom stereocenters. The Balaban J connectivity index is 2.05. The van der Waals surface area contributed by atoms with Gasteiger partial charge in [0, 0.05) is 20.6 Å². The second kappa shape index (κ2) is 4.20. The molecule has 1 atom stereocenters. The first-order chi connectivity index (χ1) is 7.05. The van der Waals surface area contributed by atoms with E-state index in [1.165, 1.54) is 17.2 Å². The molecule has 1 heterocycles. The van der Waals surface area contributed by atoms with Crippen LogP contribution in [0.1, 0.15) is 0 Å². The Morgan fingerprint density at radius 3 is 2.47 bits per heavy atom. The van der Waals surface area contributed by atoms with Crippen LogP contribution in [0.15, 0.2) is 40.6 Å². The number of rotatable bonds is 2. The maximum absolute atomic E-state index is 11.2. The van der Waals surface area contributed by atoms with Crippen LogP contribution in [0.3, 0.4) is 0 Å². The van der Waals surface area contributed by atoms with Gasteiger partial charge in [0.2, 0.25) is 0 Å². The minimum atomic E-state index is -2.95. The van der Waals surface area contributed by atoms with E-state index in [1.54, 1.807) is 18.2 Å². The summed E-state index contributed by atoms with van der Waals surface area (Å²) in [6, 6.07) is 7.39. The van der Waals surface area contributed by atoms with Crippen molar-refractivity contribution in [1.82, 2.24) is 0 Å². The van der Waals surface area contributed by atoms with Crippen molar-refractivity contribution in [3.8, 4) is 0 Å². The monoisotopic (exact) mass is 260 g/mol. The Kier molecular flexibility index (Phi) is 3.09. The molecule has 0 aliphatic carbocycles. The van der Waals surface area contributed by atoms with Gasteiger partial charge in [0.25, 0.3) is 0 Å². The molecule has 0 bridgehead atoms. The highest BCUT2D eigenvalue weighted by atomic mass is 35.5. The van der Waals surface area contributed by atoms with Gasteiger partial charge in [-0.15, -0.1) is 11.8 Å². The lowest BCUT2D eigenvalue weighted by Crippen LogP contribution is -2.06. The molecule has 2 rings (SSSR count). The number of thioether (sulfide) groups is 1. The third kappa shape index (κ3) is 3.00. The molecule has 2 nitrogen and oxygen atoms in total. The highest BCUT2D eigenvalue weighted by molar-refractivity contribution is 8.02. The van der Waals surface area contributed by atoms with Crippen LogP contribution in [-0.4, -0.2) is 19.4 Å². The molecule has 1 aromatic rings. The summed E-state index contributed by atoms with van der Waals surface area (Å²) < 4.78 is 22.3. The van der Waals surface area contributed by atoms with Gasteiger partial charge in [-0.25, -0.2) is 8.42 Å². The molecule has 0 spiro atoms. The van der Waals surface area contributed by atoms with E-state index in [0.29, 0.717) is 5.02 Å². The van der Waals surface area contributed by atoms with Crippen LogP contribution in [0.2, 0.25) is 5.02 Å². The number of benzene rings is 1. The topological polar surface area (TPSA) is 34.1 Å². The Bertz CT molecular complexity index is 477. The minimum absolute atomic E-state index is 0.0242. The van der Waals surface area contributed by atoms with E-state index >= 15 is 0 Å². The predicted molar refractivity (Wildman–Crippen MR) is 64.0 cm³/mol. The number of halogens is 1. The highest BCUT2D eigenvalue weighted by Crippen LogP contribution is 2.29. The van der Waals surface area contributed by atoms with Crippen LogP contribution >= 0.6 is 23.4 Å². The van der Waals surface area contributed by atoms with E-state index in [9.17, 15) is 8.42 Å². The smallest absolute Gasteiger partial charge is 0.172 e. The molecular formula is C10H9ClO2S2. The fourth-order valence-electron chi connectivity index (χ4n) is 1.31. The van der Waals surface area contributed by atoms with Gasteiger partial charge in [-0.3, -0.25) is 0 Å². The van der Waals surface area contributed by atoms with Crippen molar-refractivity contribution < 1.29 is 8.42 Å². The Hall–Kier alpha value is -0.450. The van der Waals surface area contributed by atoms with Gasteiger partial charge in [0.1, 0.15) is 0 Å². The molecular weight excluding hydrogens is 252 g/mol. The zero-order chi connectivity index (χ0) is 10.9. The van der Waals surface area contributed by atoms with Crippen molar-refractivity contribution in [1.29, 1.82) is 0 Å². The maximum Gasteiger partial charge on any atom is 0.172 e. The van der Waals surface area contributed by atoms with Gasteiger partial charge >= 0.3 is 0 Å². The fourth-order valence-corrected chi connectivity index (χ4v) is 4.28. The van der Waals surface area contributed by atoms with Gasteiger partial charge in [-0.05, 0) is 24.3 Å². The molecule has 0 radical (unpaired) electrons. The number of hydrogen-bond donors (Lipinski definition) is 0. The zero-order valence-electron chi connectivity index (χ0n) is 7.76. The fraction of sp³-hybridized carbons (Fsp3) is 0.200. The molecule has 80 valence electrons. The lowest BCUT2D eigenvalue weighted by molar-refractivity contribution is 0.606. The van der Waals surface area contributed by atoms with Gasteiger partial charge < -0.3 is 0 Å². The second-order valence-corrected chi connectivity index (χ2v) is 6.95. The first kappa shape index (κ1) is 11.0. The summed E-state index contributed by atoms with van der Waals surface area (Å²) in [6.45, 7) is 0. The first-order valence-corrected chi connectivity index (χ1v) is 7.36. The second-order valence-electron chi connectivity index (χ2n) is 3.27. The molecule has 0 aromatic heterocycles. The van der Waals surface area contributed by atoms with E-state index in [4.69, 9.17) is 11.6 Å². The molecule has 1 aromatic carbocycles. The van der Waals surface area contributed by atoms with Crippen LogP contribution in [0.5, 0.6) is 0 Å². The van der Waals surface area contributed by atoms with E-state index in [2.05, 4.69) is 0 Å². The van der Waals surface area contributed by atoms with E-state index in [1.807, 2.05) is 12.1 Å². The Morgan fingerprint density at radius 1 is 1.27 bits per heavy atom. The van der Waals surface area contributed by atoms with Crippen LogP contribution < -0.4 is 0 Å². The zero-order valence-corrected chi connectivity index (χ0v) is 10.1. The summed E-state index contributed by atoms with van der Waals surface area (Å²) in [6.07, 6.45) is 1.73. The molecule has 0 N–H and O–H groups in total. The average molecular weight is 261 g/mol. The van der Waals surface area contributed by atoms with E-state index in [-0.39, 0.29) is 11.0 Å². The summed E-state index contributed by atoms with van der Waals surface area (Å²) in [5.41, 5.74) is 0. The summed E-state index contributed by atoms with van der Waals surface area (Å²) >= 11 is 7.29. The van der Waals surface area contributed by atoms with Crippen molar-refractivity contribution in [2.45, 2.75) is 10.1 Å². The molecule has 15 heavy (non-hydrogen) atoms. The summed E-state index contributed by atoms with van der Waals surface area (Å²) in [4.78, 5) is 1.03. The summed E-state index contributed by atoms with van der Waals surface area (Å²) in [5, 5.41) is 2.01. The molecule has 0 saturated carbocycles. The SMILES string of the molecule is O=S1(=O)C=CC(Sc2ccc(Cl)cc2)C1. The highest BCUT2D eigenvalue weighted by Gasteiger charge is 2.22. The molecule has 0 saturated heterocycles. The largest absolute Gasteiger partial charge is 0.224 e. The third-order valence-corrected chi connectivity index (χ3v) is 5.03. The third-order valence-electron chi connectivity index (χ3n) is 2.00. The normalized spacial score (nSPS) is 23.1. The van der Waals surface area contributed by atoms with Crippen molar-refractivity contribution in [3.63, 3.8) is 0 Å². The molecule has 1 aliphatic heterocycles. The van der Waals surface area contributed by atoms with E-state index in [0.717, 1.165) is 4.90 Å². The predicted octanol–water partition coefficient (Wildman–Crippen LogP) is 2.74. The standard InChI is InChI=1S/C10H9ClO2S2/c11-8-1-3-9(4-2-8)14-10-5-6-15(12,13)7-10/h1-6,10H,7H2. The van der Waals surface area contributed by atoms with Crippen LogP contribution in [0, 0.1) is 0 Å². The van der Waals surface area contributed by atoms with E-state index < -0.39 is 9.84 Å². The van der Waals surface area contributed by atoms with Gasteiger partial charge in [0.05, 0.1) is 5.75 Å². The van der Waals surface area contributed by atoms with Crippen molar-refractivity contribution in [2.75, 3.05) is 5.75 Å². The molecule has 1 aliphatic rings. The molecule has 0 fully saturated rings. The van der Waals surface area contributed by atoms with Crippen LogP contribution in [0.4, 0.5) is 0 Å². The average Bonchev–Trinajstić information content (AvgIpc) is 2.50. The van der Waals surface area contributed by atoms with Crippen LogP contribution in [0.25, 0.3) is 0 Å². The lowest BCUT2D eigenvalue weighted by Gasteiger charge is -2.05. The summed E-state index contributed by atoms with van der Waals surface area (Å²) in [7, 11) is -2.95. The Labute approximate surface area is 98.2 Å². The van der Waals surface area contributed by atoms with Crippen LogP contribution in [-0.2, 0) is 9.84 Å². The van der Waals surface area contributed by atoms with Gasteiger partial charge in [-0.1, -0.05) is 17.7 Å². The first-order valence-electron chi connectivity index (χ1n) is 4.38. The maximum atomic E-state index is 11.2. The molecule has 5 heteroatoms. The minimum Gasteiger partial charge on any atom is -0.224 e. The molecule has 0 amide bonds. The Morgan fingerprint density at radius 2 is 1.93 bits per heavy atom. The van der Waals surface area contributed by atoms with Crippen molar-refractivity contribution >= 4 is 33.2 Å². The number of hydrogen-bond acceptors (Lipinski definition) is 3. The number of sulfone groups is 1. The van der Waals surface area contributed by atoms with Gasteiger partial charge in [-0.2, -0.15) is 0 Å². The van der Waals surface area contributed by atoms with Gasteiger partial charge in [0.15, 0.2) is 9.84 Å². The van der Waals surface area contributed by atoms with Crippen molar-refractivity contribution in [2.24, 2.45) is 0 Å². The lowest BCUT2D eigenvalue weighted by atomic mass is 10.4. The quantitative estimate of drug-likeness (QED) is 0.820.